The zero-order valence-electron chi connectivity index (χ0n) is 17.9. The number of carbonyl (C=O) groups excluding carboxylic acids is 2. The third-order valence-corrected chi connectivity index (χ3v) is 4.61. The van der Waals surface area contributed by atoms with Gasteiger partial charge in [-0.15, -0.1) is 0 Å². The number of ether oxygens (including phenoxy) is 2. The van der Waals surface area contributed by atoms with Crippen LogP contribution in [0.5, 0.6) is 0 Å². The molecule has 7 heteroatoms. The van der Waals surface area contributed by atoms with Gasteiger partial charge >= 0.3 is 11.9 Å². The largest absolute Gasteiger partial charge is 0.460 e. The quantitative estimate of drug-likeness (QED) is 0.669. The fraction of sp³-hybridized carbons (Fsp3) is 0.636. The molecule has 1 unspecified atom stereocenters. The average Bonchev–Trinajstić information content (AvgIpc) is 2.80. The Morgan fingerprint density at radius 1 is 1.03 bits per heavy atom. The maximum atomic E-state index is 12.9. The molecule has 1 atom stereocenters. The monoisotopic (exact) mass is 405 g/mol. The van der Waals surface area contributed by atoms with E-state index in [1.165, 1.54) is 0 Å². The molecule has 1 fully saturated rings. The molecule has 1 saturated heterocycles. The Hall–Kier alpha value is -1.96. The van der Waals surface area contributed by atoms with E-state index in [-0.39, 0.29) is 25.0 Å². The van der Waals surface area contributed by atoms with Gasteiger partial charge < -0.3 is 20.1 Å². The van der Waals surface area contributed by atoms with Crippen molar-refractivity contribution in [3.05, 3.63) is 35.9 Å². The Morgan fingerprint density at radius 3 is 2.24 bits per heavy atom. The van der Waals surface area contributed by atoms with Gasteiger partial charge in [0.05, 0.1) is 0 Å². The lowest BCUT2D eigenvalue weighted by Gasteiger charge is -2.30. The van der Waals surface area contributed by atoms with Crippen molar-refractivity contribution in [2.45, 2.75) is 51.9 Å². The van der Waals surface area contributed by atoms with E-state index in [2.05, 4.69) is 15.5 Å². The van der Waals surface area contributed by atoms with Crippen LogP contribution in [0.3, 0.4) is 0 Å². The van der Waals surface area contributed by atoms with Crippen molar-refractivity contribution >= 4 is 11.9 Å². The van der Waals surface area contributed by atoms with Crippen LogP contribution in [0, 0.1) is 0 Å². The molecule has 1 heterocycles. The minimum atomic E-state index is -0.535. The summed E-state index contributed by atoms with van der Waals surface area (Å²) in [6.45, 7) is 10.6. The van der Waals surface area contributed by atoms with Gasteiger partial charge in [0, 0.05) is 45.7 Å². The van der Waals surface area contributed by atoms with Gasteiger partial charge in [-0.05, 0) is 32.8 Å². The fourth-order valence-corrected chi connectivity index (χ4v) is 3.22. The van der Waals surface area contributed by atoms with E-state index in [1.807, 2.05) is 51.1 Å². The van der Waals surface area contributed by atoms with Crippen LogP contribution in [-0.2, 0) is 25.7 Å². The highest BCUT2D eigenvalue weighted by molar-refractivity contribution is 5.77. The molecule has 0 amide bonds. The van der Waals surface area contributed by atoms with Crippen LogP contribution >= 0.6 is 0 Å². The summed E-state index contributed by atoms with van der Waals surface area (Å²) in [5.41, 5.74) is 0.409. The lowest BCUT2D eigenvalue weighted by Crippen LogP contribution is -2.47. The Morgan fingerprint density at radius 2 is 1.66 bits per heavy atom. The molecule has 1 aliphatic heterocycles. The second kappa shape index (κ2) is 11.9. The first-order valence-electron chi connectivity index (χ1n) is 10.4. The summed E-state index contributed by atoms with van der Waals surface area (Å²) in [7, 11) is 0. The number of rotatable bonds is 7. The van der Waals surface area contributed by atoms with Gasteiger partial charge in [0.1, 0.15) is 18.2 Å². The molecule has 1 aromatic rings. The van der Waals surface area contributed by atoms with Gasteiger partial charge in [0.15, 0.2) is 0 Å². The van der Waals surface area contributed by atoms with Crippen molar-refractivity contribution in [3.8, 4) is 0 Å². The number of benzene rings is 1. The third-order valence-electron chi connectivity index (χ3n) is 4.61. The van der Waals surface area contributed by atoms with E-state index in [9.17, 15) is 9.59 Å². The number of hydrogen-bond acceptors (Lipinski definition) is 7. The molecular weight excluding hydrogens is 370 g/mol. The van der Waals surface area contributed by atoms with Crippen LogP contribution < -0.4 is 10.6 Å². The molecule has 0 saturated carbocycles. The molecule has 29 heavy (non-hydrogen) atoms. The topological polar surface area (TPSA) is 79.9 Å². The van der Waals surface area contributed by atoms with Gasteiger partial charge in [0.2, 0.25) is 0 Å². The second-order valence-corrected chi connectivity index (χ2v) is 8.27. The maximum Gasteiger partial charge on any atom is 0.323 e. The van der Waals surface area contributed by atoms with Crippen LogP contribution in [0.4, 0.5) is 0 Å². The van der Waals surface area contributed by atoms with Crippen molar-refractivity contribution in [1.82, 2.24) is 15.5 Å². The fourth-order valence-electron chi connectivity index (χ4n) is 3.22. The minimum absolute atomic E-state index is 0.180. The van der Waals surface area contributed by atoms with Gasteiger partial charge in [-0.2, -0.15) is 0 Å². The Balaban J connectivity index is 2.01. The zero-order chi connectivity index (χ0) is 21.1. The summed E-state index contributed by atoms with van der Waals surface area (Å²) in [4.78, 5) is 27.2. The van der Waals surface area contributed by atoms with Crippen molar-refractivity contribution in [2.24, 2.45) is 0 Å². The van der Waals surface area contributed by atoms with Crippen molar-refractivity contribution in [2.75, 3.05) is 39.3 Å². The normalized spacial score (nSPS) is 17.5. The summed E-state index contributed by atoms with van der Waals surface area (Å²) in [5, 5.41) is 6.71. The number of carbonyl (C=O) groups is 2. The average molecular weight is 406 g/mol. The standard InChI is InChI=1S/C22H35N3O4/c1-22(2,3)29-20(26)10-9-19(25-15-13-23-11-12-24-14-16-25)21(27)28-17-18-7-5-4-6-8-18/h4-8,19,23-24H,9-17H2,1-3H3. The predicted octanol–water partition coefficient (Wildman–Crippen LogP) is 1.72. The van der Waals surface area contributed by atoms with Crippen molar-refractivity contribution in [1.29, 1.82) is 0 Å². The minimum Gasteiger partial charge on any atom is -0.460 e. The van der Waals surface area contributed by atoms with Crippen LogP contribution in [-0.4, -0.2) is 67.7 Å². The molecular formula is C22H35N3O4. The Kier molecular flexibility index (Phi) is 9.57. The highest BCUT2D eigenvalue weighted by Crippen LogP contribution is 2.15. The van der Waals surface area contributed by atoms with Crippen LogP contribution in [0.1, 0.15) is 39.2 Å². The molecule has 162 valence electrons. The first-order chi connectivity index (χ1) is 13.8. The summed E-state index contributed by atoms with van der Waals surface area (Å²) in [6.07, 6.45) is 0.558. The van der Waals surface area contributed by atoms with E-state index in [1.54, 1.807) is 0 Å². The van der Waals surface area contributed by atoms with Crippen LogP contribution in [0.25, 0.3) is 0 Å². The van der Waals surface area contributed by atoms with Gasteiger partial charge in [0.25, 0.3) is 0 Å². The molecule has 0 aliphatic carbocycles. The molecule has 1 aliphatic rings. The zero-order valence-corrected chi connectivity index (χ0v) is 17.9. The predicted molar refractivity (Wildman–Crippen MR) is 112 cm³/mol. The number of nitrogens with one attached hydrogen (secondary N) is 2. The van der Waals surface area contributed by atoms with Crippen molar-refractivity contribution < 1.29 is 19.1 Å². The van der Waals surface area contributed by atoms with E-state index in [4.69, 9.17) is 9.47 Å². The molecule has 2 N–H and O–H groups in total. The number of nitrogens with zero attached hydrogens (tertiary/aromatic N) is 1. The second-order valence-electron chi connectivity index (χ2n) is 8.27. The highest BCUT2D eigenvalue weighted by atomic mass is 16.6. The SMILES string of the molecule is CC(C)(C)OC(=O)CCC(C(=O)OCc1ccccc1)N1CCNCCNCC1. The van der Waals surface area contributed by atoms with E-state index < -0.39 is 11.6 Å². The smallest absolute Gasteiger partial charge is 0.323 e. The number of hydrogen-bond donors (Lipinski definition) is 2. The van der Waals surface area contributed by atoms with Crippen LogP contribution in [0.2, 0.25) is 0 Å². The summed E-state index contributed by atoms with van der Waals surface area (Å²) in [6, 6.07) is 9.14. The lowest BCUT2D eigenvalue weighted by molar-refractivity contribution is -0.156. The van der Waals surface area contributed by atoms with Gasteiger partial charge in [-0.25, -0.2) is 0 Å². The third kappa shape index (κ3) is 9.39. The molecule has 0 spiro atoms. The van der Waals surface area contributed by atoms with Gasteiger partial charge in [-0.3, -0.25) is 14.5 Å². The molecule has 7 nitrogen and oxygen atoms in total. The maximum absolute atomic E-state index is 12.9. The molecule has 0 aromatic heterocycles. The van der Waals surface area contributed by atoms with E-state index in [0.717, 1.165) is 44.8 Å². The molecule has 0 radical (unpaired) electrons. The number of esters is 2. The van der Waals surface area contributed by atoms with Gasteiger partial charge in [-0.1, -0.05) is 30.3 Å². The Labute approximate surface area is 174 Å². The first kappa shape index (κ1) is 23.3. The van der Waals surface area contributed by atoms with Crippen molar-refractivity contribution in [3.63, 3.8) is 0 Å². The summed E-state index contributed by atoms with van der Waals surface area (Å²) < 4.78 is 11.0. The highest BCUT2D eigenvalue weighted by Gasteiger charge is 2.29. The Bertz CT molecular complexity index is 621. The summed E-state index contributed by atoms with van der Waals surface area (Å²) in [5.74, 6) is -0.587. The lowest BCUT2D eigenvalue weighted by atomic mass is 10.1. The van der Waals surface area contributed by atoms with Crippen LogP contribution in [0.15, 0.2) is 30.3 Å². The molecule has 0 bridgehead atoms. The van der Waals surface area contributed by atoms with E-state index in [0.29, 0.717) is 6.42 Å². The summed E-state index contributed by atoms with van der Waals surface area (Å²) >= 11 is 0. The first-order valence-corrected chi connectivity index (χ1v) is 10.4. The molecule has 1 aromatic carbocycles. The van der Waals surface area contributed by atoms with E-state index >= 15 is 0 Å². The molecule has 2 rings (SSSR count).